The van der Waals surface area contributed by atoms with Gasteiger partial charge in [-0.25, -0.2) is 4.79 Å². The molecule has 0 unspecified atom stereocenters. The molecule has 2 aromatic heterocycles. The van der Waals surface area contributed by atoms with Gasteiger partial charge in [-0.05, 0) is 51.5 Å². The number of nitrogens with zero attached hydrogens (tertiary/aromatic N) is 4. The molecule has 206 valence electrons. The Morgan fingerprint density at radius 3 is 2.79 bits per heavy atom. The lowest BCUT2D eigenvalue weighted by atomic mass is 10.0. The topological polar surface area (TPSA) is 122 Å². The van der Waals surface area contributed by atoms with Crippen LogP contribution in [0.4, 0.5) is 16.2 Å². The third-order valence-electron chi connectivity index (χ3n) is 6.07. The maximum absolute atomic E-state index is 13.2. The Bertz CT molecular complexity index is 1280. The van der Waals surface area contributed by atoms with Gasteiger partial charge in [-0.2, -0.15) is 4.99 Å². The summed E-state index contributed by atoms with van der Waals surface area (Å²) in [5.41, 5.74) is 9.20. The van der Waals surface area contributed by atoms with E-state index in [1.807, 2.05) is 20.2 Å². The number of nitrogens with one attached hydrogen (secondary N) is 1. The summed E-state index contributed by atoms with van der Waals surface area (Å²) in [6.45, 7) is 1.70. The fourth-order valence-electron chi connectivity index (χ4n) is 4.03. The average molecular weight is 551 g/mol. The van der Waals surface area contributed by atoms with Gasteiger partial charge in [0.1, 0.15) is 17.7 Å². The SMILES string of the molecule is CN(C)CCCN(Cc1ccc(C(=O)Nc2cscc2N)nc1)C(=O)N=C1COC=C(CC2=CC=CCC2)O1. The van der Waals surface area contributed by atoms with Crippen LogP contribution in [-0.4, -0.2) is 66.4 Å². The van der Waals surface area contributed by atoms with Crippen LogP contribution in [0, 0.1) is 0 Å². The molecule has 10 nitrogen and oxygen atoms in total. The minimum absolute atomic E-state index is 0.0970. The average Bonchev–Trinajstić information content (AvgIpc) is 3.33. The molecule has 4 rings (SSSR count). The van der Waals surface area contributed by atoms with E-state index in [4.69, 9.17) is 15.2 Å². The molecule has 2 aromatic rings. The van der Waals surface area contributed by atoms with Crippen molar-refractivity contribution in [1.82, 2.24) is 14.8 Å². The Balaban J connectivity index is 1.40. The number of aliphatic imine (C=N–C) groups is 1. The number of ether oxygens (including phenoxy) is 2. The standard InChI is InChI=1S/C28H34N6O4S/c1-33(2)11-6-12-34(15-21-9-10-24(30-14-21)27(35)31-25-19-39-18-23(25)29)28(36)32-26-17-37-16-22(38-26)13-20-7-4-3-5-8-20/h3-4,7,9-10,14,16,18-19H,5-6,8,11-13,15,17,29H2,1-2H3,(H,31,35). The van der Waals surface area contributed by atoms with Gasteiger partial charge in [0.05, 0.1) is 11.4 Å². The quantitative estimate of drug-likeness (QED) is 0.435. The predicted molar refractivity (Wildman–Crippen MR) is 154 cm³/mol. The highest BCUT2D eigenvalue weighted by molar-refractivity contribution is 7.09. The Labute approximate surface area is 232 Å². The molecule has 0 saturated heterocycles. The van der Waals surface area contributed by atoms with Crippen molar-refractivity contribution in [2.24, 2.45) is 4.99 Å². The van der Waals surface area contributed by atoms with Crippen molar-refractivity contribution in [2.75, 3.05) is 44.8 Å². The Morgan fingerprint density at radius 2 is 2.10 bits per heavy atom. The van der Waals surface area contributed by atoms with Gasteiger partial charge in [0.15, 0.2) is 6.61 Å². The summed E-state index contributed by atoms with van der Waals surface area (Å²) in [7, 11) is 3.98. The number of nitrogens with two attached hydrogens (primary N) is 1. The van der Waals surface area contributed by atoms with E-state index < -0.39 is 6.03 Å². The van der Waals surface area contributed by atoms with Crippen LogP contribution in [-0.2, 0) is 16.0 Å². The van der Waals surface area contributed by atoms with Crippen LogP contribution in [0.5, 0.6) is 0 Å². The zero-order valence-corrected chi connectivity index (χ0v) is 23.1. The van der Waals surface area contributed by atoms with Gasteiger partial charge in [0.2, 0.25) is 5.90 Å². The summed E-state index contributed by atoms with van der Waals surface area (Å²) < 4.78 is 11.4. The minimum atomic E-state index is -0.414. The fraction of sp³-hybridized carbons (Fsp3) is 0.357. The normalized spacial score (nSPS) is 15.8. The molecule has 0 atom stereocenters. The smallest absolute Gasteiger partial charge is 0.346 e. The van der Waals surface area contributed by atoms with Gasteiger partial charge in [-0.15, -0.1) is 11.3 Å². The molecule has 1 aliphatic carbocycles. The molecule has 1 aliphatic heterocycles. The van der Waals surface area contributed by atoms with Crippen LogP contribution >= 0.6 is 11.3 Å². The van der Waals surface area contributed by atoms with E-state index in [1.165, 1.54) is 16.9 Å². The van der Waals surface area contributed by atoms with E-state index in [0.717, 1.165) is 31.4 Å². The Kier molecular flexibility index (Phi) is 9.87. The van der Waals surface area contributed by atoms with Crippen LogP contribution in [0.3, 0.4) is 0 Å². The molecule has 3 amide bonds. The lowest BCUT2D eigenvalue weighted by Crippen LogP contribution is -2.32. The number of carbonyl (C=O) groups is 2. The van der Waals surface area contributed by atoms with Gasteiger partial charge in [-0.1, -0.05) is 29.9 Å². The second kappa shape index (κ2) is 13.7. The number of carbonyl (C=O) groups excluding carboxylic acids is 2. The lowest BCUT2D eigenvalue weighted by Gasteiger charge is -2.23. The number of urea groups is 1. The number of allylic oxidation sites excluding steroid dienone is 4. The number of nitrogen functional groups attached to an aromatic ring is 1. The highest BCUT2D eigenvalue weighted by Crippen LogP contribution is 2.24. The van der Waals surface area contributed by atoms with E-state index in [9.17, 15) is 9.59 Å². The van der Waals surface area contributed by atoms with Crippen molar-refractivity contribution in [3.63, 3.8) is 0 Å². The van der Waals surface area contributed by atoms with E-state index in [1.54, 1.807) is 40.3 Å². The zero-order valence-electron chi connectivity index (χ0n) is 22.3. The molecule has 0 radical (unpaired) electrons. The van der Waals surface area contributed by atoms with Crippen molar-refractivity contribution >= 4 is 40.5 Å². The molecule has 11 heteroatoms. The number of hydrogen-bond acceptors (Lipinski definition) is 8. The highest BCUT2D eigenvalue weighted by Gasteiger charge is 2.20. The summed E-state index contributed by atoms with van der Waals surface area (Å²) in [5.74, 6) is 0.519. The first kappa shape index (κ1) is 28.1. The third kappa shape index (κ3) is 8.52. The first-order chi connectivity index (χ1) is 18.9. The van der Waals surface area contributed by atoms with Gasteiger partial charge >= 0.3 is 6.03 Å². The van der Waals surface area contributed by atoms with Crippen molar-refractivity contribution in [3.8, 4) is 0 Å². The van der Waals surface area contributed by atoms with Gasteiger partial charge in [0, 0.05) is 36.5 Å². The van der Waals surface area contributed by atoms with Crippen molar-refractivity contribution < 1.29 is 19.1 Å². The first-order valence-electron chi connectivity index (χ1n) is 12.8. The maximum Gasteiger partial charge on any atom is 0.346 e. The molecule has 39 heavy (non-hydrogen) atoms. The van der Waals surface area contributed by atoms with Crippen LogP contribution in [0.1, 0.15) is 41.7 Å². The largest absolute Gasteiger partial charge is 0.488 e. The predicted octanol–water partition coefficient (Wildman–Crippen LogP) is 4.80. The maximum atomic E-state index is 13.2. The monoisotopic (exact) mass is 550 g/mol. The lowest BCUT2D eigenvalue weighted by molar-refractivity contribution is 0.102. The summed E-state index contributed by atoms with van der Waals surface area (Å²) in [6, 6.07) is 3.00. The molecular weight excluding hydrogens is 516 g/mol. The van der Waals surface area contributed by atoms with E-state index >= 15 is 0 Å². The molecule has 0 spiro atoms. The molecule has 0 aromatic carbocycles. The number of hydrogen-bond donors (Lipinski definition) is 2. The second-order valence-corrected chi connectivity index (χ2v) is 10.3. The number of rotatable bonds is 10. The van der Waals surface area contributed by atoms with Crippen LogP contribution in [0.25, 0.3) is 0 Å². The number of aromatic nitrogens is 1. The highest BCUT2D eigenvalue weighted by atomic mass is 32.1. The molecule has 3 heterocycles. The molecule has 0 saturated carbocycles. The minimum Gasteiger partial charge on any atom is -0.488 e. The number of amides is 3. The van der Waals surface area contributed by atoms with E-state index in [0.29, 0.717) is 30.1 Å². The van der Waals surface area contributed by atoms with Gasteiger partial charge in [0.25, 0.3) is 5.91 Å². The molecular formula is C28H34N6O4S. The van der Waals surface area contributed by atoms with Crippen molar-refractivity contribution in [2.45, 2.75) is 32.2 Å². The van der Waals surface area contributed by atoms with Crippen LogP contribution in [0.15, 0.2) is 69.9 Å². The zero-order chi connectivity index (χ0) is 27.6. The summed E-state index contributed by atoms with van der Waals surface area (Å²) >= 11 is 1.41. The summed E-state index contributed by atoms with van der Waals surface area (Å²) in [4.78, 5) is 38.0. The number of anilines is 2. The van der Waals surface area contributed by atoms with Crippen molar-refractivity contribution in [3.05, 3.63) is 76.2 Å². The molecule has 2 aliphatic rings. The van der Waals surface area contributed by atoms with Crippen LogP contribution in [0.2, 0.25) is 0 Å². The first-order valence-corrected chi connectivity index (χ1v) is 13.7. The van der Waals surface area contributed by atoms with Crippen LogP contribution < -0.4 is 11.1 Å². The number of pyridine rings is 1. The van der Waals surface area contributed by atoms with Crippen molar-refractivity contribution in [1.29, 1.82) is 0 Å². The van der Waals surface area contributed by atoms with E-state index in [2.05, 4.69) is 32.3 Å². The Hall–Kier alpha value is -3.96. The molecule has 0 fully saturated rings. The van der Waals surface area contributed by atoms with Gasteiger partial charge in [-0.3, -0.25) is 9.78 Å². The third-order valence-corrected chi connectivity index (χ3v) is 6.83. The summed E-state index contributed by atoms with van der Waals surface area (Å²) in [5, 5.41) is 6.28. The van der Waals surface area contributed by atoms with Gasteiger partial charge < -0.3 is 30.3 Å². The Morgan fingerprint density at radius 1 is 1.23 bits per heavy atom. The fourth-order valence-corrected chi connectivity index (χ4v) is 4.70. The summed E-state index contributed by atoms with van der Waals surface area (Å²) in [6.07, 6.45) is 12.8. The second-order valence-electron chi connectivity index (χ2n) is 9.58. The number of thiophene rings is 1. The van der Waals surface area contributed by atoms with E-state index in [-0.39, 0.29) is 30.7 Å². The molecule has 3 N–H and O–H groups in total. The molecule has 0 bridgehead atoms.